The summed E-state index contributed by atoms with van der Waals surface area (Å²) in [4.78, 5) is 24.5. The van der Waals surface area contributed by atoms with Crippen molar-refractivity contribution in [2.24, 2.45) is 0 Å². The zero-order chi connectivity index (χ0) is 22.4. The molecule has 3 rings (SSSR count). The minimum absolute atomic E-state index is 0.151. The molecule has 3 aromatic rings. The second kappa shape index (κ2) is 9.94. The van der Waals surface area contributed by atoms with E-state index in [0.717, 1.165) is 22.3 Å². The first-order valence-electron chi connectivity index (χ1n) is 10.1. The normalized spacial score (nSPS) is 10.5. The molecule has 0 aliphatic heterocycles. The summed E-state index contributed by atoms with van der Waals surface area (Å²) >= 11 is 0. The van der Waals surface area contributed by atoms with Gasteiger partial charge in [-0.2, -0.15) is 0 Å². The summed E-state index contributed by atoms with van der Waals surface area (Å²) in [5.74, 6) is -0.941. The van der Waals surface area contributed by atoms with Gasteiger partial charge in [0.15, 0.2) is 0 Å². The van der Waals surface area contributed by atoms with Gasteiger partial charge in [0.1, 0.15) is 19.0 Å². The lowest BCUT2D eigenvalue weighted by Crippen LogP contribution is -2.16. The van der Waals surface area contributed by atoms with E-state index in [4.69, 9.17) is 9.47 Å². The van der Waals surface area contributed by atoms with Gasteiger partial charge in [-0.3, -0.25) is 4.79 Å². The quantitative estimate of drug-likeness (QED) is 0.511. The van der Waals surface area contributed by atoms with Gasteiger partial charge in [-0.05, 0) is 48.6 Å². The van der Waals surface area contributed by atoms with E-state index in [2.05, 4.69) is 0 Å². The van der Waals surface area contributed by atoms with E-state index >= 15 is 0 Å². The first-order chi connectivity index (χ1) is 14.9. The minimum Gasteiger partial charge on any atom is -0.488 e. The van der Waals surface area contributed by atoms with Crippen LogP contribution in [-0.4, -0.2) is 17.0 Å². The van der Waals surface area contributed by atoms with Crippen LogP contribution in [-0.2, 0) is 29.2 Å². The van der Waals surface area contributed by atoms with Crippen LogP contribution >= 0.6 is 0 Å². The molecule has 0 fully saturated rings. The molecule has 160 valence electrons. The highest BCUT2D eigenvalue weighted by Crippen LogP contribution is 2.35. The molecule has 1 N–H and O–H groups in total. The molecular weight excluding hydrogens is 392 g/mol. The summed E-state index contributed by atoms with van der Waals surface area (Å²) in [5.41, 5.74) is 4.81. The number of hydrogen-bond donors (Lipinski definition) is 1. The molecule has 0 aliphatic rings. The van der Waals surface area contributed by atoms with Crippen molar-refractivity contribution in [2.45, 2.75) is 40.4 Å². The van der Waals surface area contributed by atoms with Crippen LogP contribution in [0.1, 0.15) is 43.7 Å². The predicted molar refractivity (Wildman–Crippen MR) is 118 cm³/mol. The maximum Gasteiger partial charge on any atom is 0.339 e. The fraction of sp³-hybridized carbons (Fsp3) is 0.231. The van der Waals surface area contributed by atoms with Crippen molar-refractivity contribution in [2.75, 3.05) is 0 Å². The molecular formula is C26H26O5. The fourth-order valence-corrected chi connectivity index (χ4v) is 3.58. The van der Waals surface area contributed by atoms with E-state index in [9.17, 15) is 14.7 Å². The van der Waals surface area contributed by atoms with Crippen LogP contribution in [0, 0.1) is 20.8 Å². The van der Waals surface area contributed by atoms with Gasteiger partial charge >= 0.3 is 11.9 Å². The van der Waals surface area contributed by atoms with Crippen molar-refractivity contribution in [1.82, 2.24) is 0 Å². The lowest BCUT2D eigenvalue weighted by molar-refractivity contribution is -0.136. The zero-order valence-electron chi connectivity index (χ0n) is 18.0. The summed E-state index contributed by atoms with van der Waals surface area (Å²) in [6.07, 6.45) is -0.240. The highest BCUT2D eigenvalue weighted by atomic mass is 16.5. The molecule has 0 aromatic heterocycles. The van der Waals surface area contributed by atoms with E-state index in [1.54, 1.807) is 6.92 Å². The lowest BCUT2D eigenvalue weighted by atomic mass is 9.90. The minimum atomic E-state index is -0.987. The van der Waals surface area contributed by atoms with Gasteiger partial charge in [-0.25, -0.2) is 4.79 Å². The highest BCUT2D eigenvalue weighted by Gasteiger charge is 2.25. The van der Waals surface area contributed by atoms with E-state index in [1.807, 2.05) is 74.5 Å². The Kier molecular flexibility index (Phi) is 7.08. The Hall–Kier alpha value is -3.60. The Bertz CT molecular complexity index is 1070. The van der Waals surface area contributed by atoms with Crippen molar-refractivity contribution >= 4 is 11.9 Å². The predicted octanol–water partition coefficient (Wildman–Crippen LogP) is 5.17. The Labute approximate surface area is 182 Å². The van der Waals surface area contributed by atoms with Gasteiger partial charge in [0.05, 0.1) is 12.0 Å². The van der Waals surface area contributed by atoms with E-state index in [0.29, 0.717) is 29.0 Å². The molecule has 0 amide bonds. The number of hydrogen-bond acceptors (Lipinski definition) is 4. The van der Waals surface area contributed by atoms with Crippen molar-refractivity contribution in [3.8, 4) is 5.75 Å². The number of rotatable bonds is 8. The van der Waals surface area contributed by atoms with Crippen molar-refractivity contribution in [1.29, 1.82) is 0 Å². The second-order valence-corrected chi connectivity index (χ2v) is 7.46. The average Bonchev–Trinajstić information content (AvgIpc) is 2.77. The first kappa shape index (κ1) is 22.1. The lowest BCUT2D eigenvalue weighted by Gasteiger charge is -2.21. The summed E-state index contributed by atoms with van der Waals surface area (Å²) < 4.78 is 11.6. The maximum absolute atomic E-state index is 12.9. The van der Waals surface area contributed by atoms with Crippen molar-refractivity contribution < 1.29 is 24.2 Å². The highest BCUT2D eigenvalue weighted by molar-refractivity contribution is 5.94. The summed E-state index contributed by atoms with van der Waals surface area (Å²) in [6.45, 7) is 5.89. The molecule has 3 aromatic carbocycles. The molecule has 0 unspecified atom stereocenters. The maximum atomic E-state index is 12.9. The molecule has 0 aliphatic carbocycles. The molecule has 0 radical (unpaired) electrons. The van der Waals surface area contributed by atoms with Gasteiger partial charge in [-0.15, -0.1) is 0 Å². The van der Waals surface area contributed by atoms with Crippen molar-refractivity contribution in [3.63, 3.8) is 0 Å². The third-order valence-corrected chi connectivity index (χ3v) is 5.35. The van der Waals surface area contributed by atoms with Gasteiger partial charge in [-0.1, -0.05) is 60.7 Å². The second-order valence-electron chi connectivity index (χ2n) is 7.46. The van der Waals surface area contributed by atoms with Crippen LogP contribution in [0.3, 0.4) is 0 Å². The summed E-state index contributed by atoms with van der Waals surface area (Å²) in [6, 6.07) is 19.1. The number of carboxylic acids is 1. The fourth-order valence-electron chi connectivity index (χ4n) is 3.58. The standard InChI is InChI=1S/C26H26O5/c1-17-18(2)25(30-15-20-10-6-4-7-11-20)22(14-23(27)28)19(3)24(17)26(29)31-16-21-12-8-5-9-13-21/h4-13H,14-16H2,1-3H3,(H,27,28). The number of aliphatic carboxylic acids is 1. The van der Waals surface area contributed by atoms with Gasteiger partial charge in [0.25, 0.3) is 0 Å². The van der Waals surface area contributed by atoms with E-state index in [-0.39, 0.29) is 13.0 Å². The molecule has 0 saturated heterocycles. The molecule has 0 saturated carbocycles. The number of benzene rings is 3. The van der Waals surface area contributed by atoms with Gasteiger partial charge in [0, 0.05) is 5.56 Å². The van der Waals surface area contributed by atoms with Gasteiger partial charge in [0.2, 0.25) is 0 Å². The van der Waals surface area contributed by atoms with Crippen LogP contribution < -0.4 is 4.74 Å². The van der Waals surface area contributed by atoms with Crippen LogP contribution in [0.25, 0.3) is 0 Å². The number of ether oxygens (including phenoxy) is 2. The average molecular weight is 418 g/mol. The van der Waals surface area contributed by atoms with E-state index in [1.165, 1.54) is 0 Å². The number of esters is 1. The monoisotopic (exact) mass is 418 g/mol. The number of carbonyl (C=O) groups is 2. The number of carbonyl (C=O) groups excluding carboxylic acids is 1. The largest absolute Gasteiger partial charge is 0.488 e. The smallest absolute Gasteiger partial charge is 0.339 e. The summed E-state index contributed by atoms with van der Waals surface area (Å²) in [5, 5.41) is 9.47. The van der Waals surface area contributed by atoms with Crippen LogP contribution in [0.5, 0.6) is 5.75 Å². The molecule has 5 heteroatoms. The van der Waals surface area contributed by atoms with Gasteiger partial charge < -0.3 is 14.6 Å². The Morgan fingerprint density at radius 1 is 0.774 bits per heavy atom. The Balaban J connectivity index is 1.93. The SMILES string of the molecule is Cc1c(C)c(C(=O)OCc2ccccc2)c(C)c(CC(=O)O)c1OCc1ccccc1. The molecule has 0 atom stereocenters. The van der Waals surface area contributed by atoms with Crippen molar-refractivity contribution in [3.05, 3.63) is 99.6 Å². The Morgan fingerprint density at radius 2 is 1.32 bits per heavy atom. The molecule has 0 heterocycles. The third kappa shape index (κ3) is 5.31. The third-order valence-electron chi connectivity index (χ3n) is 5.35. The molecule has 5 nitrogen and oxygen atoms in total. The zero-order valence-corrected chi connectivity index (χ0v) is 18.0. The summed E-state index contributed by atoms with van der Waals surface area (Å²) in [7, 11) is 0. The van der Waals surface area contributed by atoms with E-state index < -0.39 is 11.9 Å². The topological polar surface area (TPSA) is 72.8 Å². The molecule has 0 bridgehead atoms. The van der Waals surface area contributed by atoms with Crippen LogP contribution in [0.2, 0.25) is 0 Å². The first-order valence-corrected chi connectivity index (χ1v) is 10.1. The van der Waals surface area contributed by atoms with Crippen LogP contribution in [0.15, 0.2) is 60.7 Å². The number of carboxylic acid groups (broad SMARTS) is 1. The Morgan fingerprint density at radius 3 is 1.87 bits per heavy atom. The molecule has 31 heavy (non-hydrogen) atoms. The molecule has 0 spiro atoms. The van der Waals surface area contributed by atoms with Crippen LogP contribution in [0.4, 0.5) is 0 Å².